The van der Waals surface area contributed by atoms with Crippen LogP contribution in [0.15, 0.2) is 251 Å². The zero-order valence-electron chi connectivity index (χ0n) is 39.6. The average Bonchev–Trinajstić information content (AvgIpc) is 4.24. The van der Waals surface area contributed by atoms with Gasteiger partial charge in [0.25, 0.3) is 0 Å². The molecular weight excluding hydrogens is 941 g/mol. The van der Waals surface area contributed by atoms with Gasteiger partial charge in [-0.25, -0.2) is 0 Å². The van der Waals surface area contributed by atoms with Gasteiger partial charge >= 0.3 is 0 Å². The number of para-hydroxylation sites is 2. The maximum absolute atomic E-state index is 7.30. The lowest BCUT2D eigenvalue weighted by Crippen LogP contribution is -2.13. The Labute approximate surface area is 432 Å². The molecule has 0 unspecified atom stereocenters. The van der Waals surface area contributed by atoms with Crippen molar-refractivity contribution in [3.05, 3.63) is 243 Å². The lowest BCUT2D eigenvalue weighted by atomic mass is 9.94. The topological polar surface area (TPSA) is 32.8 Å². The standard InChI is InChI=1S/C68H40N2O2S2/c1-3-16-43(17-4-1)69(44-18-5-2-6-19-44)47-38-58-55-35-42(54-40-59-53-31-27-41-15-7-8-20-48(41)66(53)72-67(59)52-24-10-9-21-49(52)54)28-32-61(55)71-68(58)60(39-47)70(45-29-33-64-56(36-45)50-22-11-13-25-62(50)73-64)46-30-34-65-57(37-46)51-23-12-14-26-63(51)74-65/h1-40H. The van der Waals surface area contributed by atoms with E-state index < -0.39 is 0 Å². The molecule has 4 heterocycles. The van der Waals surface area contributed by atoms with Gasteiger partial charge in [-0.15, -0.1) is 22.7 Å². The largest absolute Gasteiger partial charge is 0.455 e. The van der Waals surface area contributed by atoms with Crippen molar-refractivity contribution < 1.29 is 8.83 Å². The number of hydrogen-bond donors (Lipinski definition) is 0. The fourth-order valence-corrected chi connectivity index (χ4v) is 13.8. The molecule has 16 rings (SSSR count). The van der Waals surface area contributed by atoms with E-state index >= 15 is 0 Å². The molecule has 6 heteroatoms. The lowest BCUT2D eigenvalue weighted by Gasteiger charge is -2.29. The van der Waals surface area contributed by atoms with E-state index in [9.17, 15) is 0 Å². The van der Waals surface area contributed by atoms with Crippen LogP contribution in [-0.4, -0.2) is 0 Å². The van der Waals surface area contributed by atoms with Gasteiger partial charge in [0.15, 0.2) is 5.58 Å². The number of fused-ring (bicyclic) bond motifs is 16. The first-order valence-electron chi connectivity index (χ1n) is 25.0. The summed E-state index contributed by atoms with van der Waals surface area (Å²) in [5.74, 6) is 0. The molecule has 4 nitrogen and oxygen atoms in total. The Balaban J connectivity index is 0.993. The molecule has 0 aliphatic rings. The quantitative estimate of drug-likeness (QED) is 0.159. The smallest absolute Gasteiger partial charge is 0.159 e. The van der Waals surface area contributed by atoms with Gasteiger partial charge < -0.3 is 18.6 Å². The summed E-state index contributed by atoms with van der Waals surface area (Å²) in [5, 5.41) is 13.7. The molecule has 0 amide bonds. The van der Waals surface area contributed by atoms with Crippen LogP contribution in [0, 0.1) is 0 Å². The molecule has 74 heavy (non-hydrogen) atoms. The van der Waals surface area contributed by atoms with E-state index in [0.717, 1.165) is 111 Å². The molecule has 0 bridgehead atoms. The molecule has 12 aromatic carbocycles. The minimum absolute atomic E-state index is 0.806. The fourth-order valence-electron chi connectivity index (χ4n) is 11.6. The van der Waals surface area contributed by atoms with Gasteiger partial charge in [0.05, 0.1) is 5.69 Å². The zero-order chi connectivity index (χ0) is 48.4. The van der Waals surface area contributed by atoms with Crippen molar-refractivity contribution >= 4 is 163 Å². The number of thiophene rings is 2. The Morgan fingerprint density at radius 1 is 0.270 bits per heavy atom. The van der Waals surface area contributed by atoms with Crippen molar-refractivity contribution in [1.82, 2.24) is 0 Å². The van der Waals surface area contributed by atoms with E-state index in [4.69, 9.17) is 8.83 Å². The van der Waals surface area contributed by atoms with Gasteiger partial charge in [-0.05, 0) is 131 Å². The number of anilines is 6. The van der Waals surface area contributed by atoms with Gasteiger partial charge in [-0.3, -0.25) is 0 Å². The highest BCUT2D eigenvalue weighted by atomic mass is 32.1. The van der Waals surface area contributed by atoms with Crippen LogP contribution in [0.3, 0.4) is 0 Å². The molecule has 0 aliphatic heterocycles. The summed E-state index contributed by atoms with van der Waals surface area (Å²) in [7, 11) is 0. The predicted octanol–water partition coefficient (Wildman–Crippen LogP) is 21.1. The van der Waals surface area contributed by atoms with Crippen molar-refractivity contribution in [2.24, 2.45) is 0 Å². The predicted molar refractivity (Wildman–Crippen MR) is 317 cm³/mol. The van der Waals surface area contributed by atoms with Gasteiger partial charge in [-0.2, -0.15) is 0 Å². The van der Waals surface area contributed by atoms with Crippen LogP contribution in [-0.2, 0) is 0 Å². The summed E-state index contributed by atoms with van der Waals surface area (Å²) in [6, 6.07) is 88.1. The second kappa shape index (κ2) is 16.2. The van der Waals surface area contributed by atoms with Crippen molar-refractivity contribution in [1.29, 1.82) is 0 Å². The summed E-state index contributed by atoms with van der Waals surface area (Å²) in [5.41, 5.74) is 11.8. The summed E-state index contributed by atoms with van der Waals surface area (Å²) in [4.78, 5) is 4.79. The molecule has 16 aromatic rings. The summed E-state index contributed by atoms with van der Waals surface area (Å²) in [6.45, 7) is 0. The fraction of sp³-hybridized carbons (Fsp3) is 0. The molecular formula is C68H40N2O2S2. The third-order valence-electron chi connectivity index (χ3n) is 15.0. The molecule has 0 saturated carbocycles. The van der Waals surface area contributed by atoms with Crippen molar-refractivity contribution in [3.63, 3.8) is 0 Å². The van der Waals surface area contributed by atoms with Gasteiger partial charge in [-0.1, -0.05) is 133 Å². The van der Waals surface area contributed by atoms with Crippen molar-refractivity contribution in [2.45, 2.75) is 0 Å². The van der Waals surface area contributed by atoms with Crippen LogP contribution in [0.25, 0.3) is 117 Å². The third-order valence-corrected chi connectivity index (χ3v) is 17.3. The molecule has 4 aromatic heterocycles. The minimum atomic E-state index is 0.806. The summed E-state index contributed by atoms with van der Waals surface area (Å²) in [6.07, 6.45) is 0. The molecule has 0 radical (unpaired) electrons. The first-order chi connectivity index (χ1) is 36.7. The molecule has 0 N–H and O–H groups in total. The molecule has 0 atom stereocenters. The van der Waals surface area contributed by atoms with Crippen LogP contribution in [0.1, 0.15) is 0 Å². The number of furan rings is 2. The van der Waals surface area contributed by atoms with E-state index in [1.165, 1.54) is 40.3 Å². The summed E-state index contributed by atoms with van der Waals surface area (Å²) >= 11 is 3.68. The number of nitrogens with zero attached hydrogens (tertiary/aromatic N) is 2. The van der Waals surface area contributed by atoms with Crippen LogP contribution < -0.4 is 9.80 Å². The number of benzene rings is 12. The minimum Gasteiger partial charge on any atom is -0.455 e. The van der Waals surface area contributed by atoms with Crippen molar-refractivity contribution in [2.75, 3.05) is 9.80 Å². The number of hydrogen-bond acceptors (Lipinski definition) is 6. The van der Waals surface area contributed by atoms with E-state index in [-0.39, 0.29) is 0 Å². The molecule has 346 valence electrons. The Bertz CT molecular complexity index is 4780. The maximum Gasteiger partial charge on any atom is 0.159 e. The monoisotopic (exact) mass is 980 g/mol. The van der Waals surface area contributed by atoms with E-state index in [0.29, 0.717) is 0 Å². The normalized spacial score (nSPS) is 12.1. The Morgan fingerprint density at radius 2 is 0.797 bits per heavy atom. The van der Waals surface area contributed by atoms with Gasteiger partial charge in [0, 0.05) is 101 Å². The number of rotatable bonds is 7. The van der Waals surface area contributed by atoms with Crippen LogP contribution >= 0.6 is 22.7 Å². The lowest BCUT2D eigenvalue weighted by molar-refractivity contribution is 0.669. The van der Waals surface area contributed by atoms with Crippen LogP contribution in [0.2, 0.25) is 0 Å². The van der Waals surface area contributed by atoms with E-state index in [2.05, 4.69) is 252 Å². The third kappa shape index (κ3) is 6.32. The molecule has 0 aliphatic carbocycles. The second-order valence-corrected chi connectivity index (χ2v) is 21.3. The highest BCUT2D eigenvalue weighted by molar-refractivity contribution is 7.26. The molecule has 0 fully saturated rings. The summed E-state index contributed by atoms with van der Waals surface area (Å²) < 4.78 is 19.2. The van der Waals surface area contributed by atoms with Gasteiger partial charge in [0.1, 0.15) is 16.7 Å². The highest BCUT2D eigenvalue weighted by Gasteiger charge is 2.26. The van der Waals surface area contributed by atoms with E-state index in [1.807, 2.05) is 22.7 Å². The average molecular weight is 981 g/mol. The van der Waals surface area contributed by atoms with Crippen LogP contribution in [0.5, 0.6) is 0 Å². The Hall–Kier alpha value is -9.20. The van der Waals surface area contributed by atoms with Gasteiger partial charge in [0.2, 0.25) is 0 Å². The SMILES string of the molecule is c1ccc(N(c2ccccc2)c2cc(N(c3ccc4sc5ccccc5c4c3)c3ccc4sc5ccccc5c4c3)c3oc4ccc(-c5cc6c7ccc8ccccc8c7oc6c6ccccc56)cc4c3c2)cc1. The molecule has 0 saturated heterocycles. The van der Waals surface area contributed by atoms with Crippen LogP contribution in [0.4, 0.5) is 34.1 Å². The highest BCUT2D eigenvalue weighted by Crippen LogP contribution is 2.51. The van der Waals surface area contributed by atoms with E-state index in [1.54, 1.807) is 0 Å². The molecule has 0 spiro atoms. The first kappa shape index (κ1) is 41.4. The first-order valence-corrected chi connectivity index (χ1v) is 26.6. The Kier molecular flexibility index (Phi) is 9.04. The second-order valence-electron chi connectivity index (χ2n) is 19.2. The Morgan fingerprint density at radius 3 is 1.47 bits per heavy atom. The van der Waals surface area contributed by atoms with Crippen molar-refractivity contribution in [3.8, 4) is 11.1 Å². The zero-order valence-corrected chi connectivity index (χ0v) is 41.3. The maximum atomic E-state index is 7.30.